The van der Waals surface area contributed by atoms with Gasteiger partial charge in [-0.1, -0.05) is 0 Å². The molecule has 13 heavy (non-hydrogen) atoms. The molecule has 1 rings (SSSR count). The van der Waals surface area contributed by atoms with Crippen molar-refractivity contribution in [3.63, 3.8) is 0 Å². The summed E-state index contributed by atoms with van der Waals surface area (Å²) in [5.74, 6) is -0.551. The van der Waals surface area contributed by atoms with Crippen LogP contribution in [0.2, 0.25) is 0 Å². The summed E-state index contributed by atoms with van der Waals surface area (Å²) in [6.45, 7) is 1.57. The number of ether oxygens (including phenoxy) is 2. The van der Waals surface area contributed by atoms with Crippen molar-refractivity contribution in [1.82, 2.24) is 0 Å². The molecule has 7 heteroatoms. The molecule has 0 N–H and O–H groups in total. The largest absolute Gasteiger partial charge is 0.349 e. The standard InChI is InChI=1S/C6H8BFIO3P/c1-13(9,10)3-11-5-2-4(8)6(7)12-5/h2,5-6H,3H2,1H3/t5-,6+,13?/m0/s1. The molecule has 3 nitrogen and oxygen atoms in total. The van der Waals surface area contributed by atoms with Gasteiger partial charge in [0.05, 0.1) is 6.00 Å². The van der Waals surface area contributed by atoms with Gasteiger partial charge < -0.3 is 14.0 Å². The van der Waals surface area contributed by atoms with Crippen LogP contribution in [0.25, 0.3) is 0 Å². The van der Waals surface area contributed by atoms with Crippen molar-refractivity contribution in [2.75, 3.05) is 13.0 Å². The van der Waals surface area contributed by atoms with E-state index in [1.54, 1.807) is 28.7 Å². The summed E-state index contributed by atoms with van der Waals surface area (Å²) in [4.78, 5) is -2.28. The molecule has 0 aromatic rings. The van der Waals surface area contributed by atoms with Crippen LogP contribution in [0.1, 0.15) is 0 Å². The van der Waals surface area contributed by atoms with Gasteiger partial charge in [-0.3, -0.25) is 0 Å². The zero-order valence-electron chi connectivity index (χ0n) is 6.94. The van der Waals surface area contributed by atoms with Gasteiger partial charge in [0.1, 0.15) is 20.0 Å². The van der Waals surface area contributed by atoms with Crippen LogP contribution >= 0.6 is 26.8 Å². The first-order chi connectivity index (χ1) is 5.88. The summed E-state index contributed by atoms with van der Waals surface area (Å²) in [5.41, 5.74) is 0. The summed E-state index contributed by atoms with van der Waals surface area (Å²) in [6, 6.07) is -1.05. The Labute approximate surface area is 90.3 Å². The van der Waals surface area contributed by atoms with Gasteiger partial charge in [-0.15, -0.1) is 0 Å². The predicted octanol–water partition coefficient (Wildman–Crippen LogP) is 2.01. The maximum absolute atomic E-state index is 12.6. The zero-order chi connectivity index (χ0) is 10.1. The van der Waals surface area contributed by atoms with Crippen molar-refractivity contribution in [3.05, 3.63) is 11.9 Å². The van der Waals surface area contributed by atoms with E-state index in [4.69, 9.17) is 17.3 Å². The Morgan fingerprint density at radius 3 is 2.92 bits per heavy atom. The third-order valence-electron chi connectivity index (χ3n) is 1.32. The number of hydrogen-bond acceptors (Lipinski definition) is 3. The molecule has 0 aromatic carbocycles. The molecule has 0 aromatic heterocycles. The minimum absolute atomic E-state index is 0.0503. The van der Waals surface area contributed by atoms with Crippen molar-refractivity contribution in [2.24, 2.45) is 0 Å². The van der Waals surface area contributed by atoms with Gasteiger partial charge in [-0.2, -0.15) is 0 Å². The molecule has 72 valence electrons. The van der Waals surface area contributed by atoms with E-state index >= 15 is 0 Å². The SMILES string of the molecule is [B][C@@H]1O[C@H](OCP(C)(=O)I)C=C1F. The highest BCUT2D eigenvalue weighted by atomic mass is 127. The van der Waals surface area contributed by atoms with Crippen molar-refractivity contribution >= 4 is 34.7 Å². The first-order valence-corrected chi connectivity index (χ1v) is 8.67. The van der Waals surface area contributed by atoms with Crippen LogP contribution in [-0.2, 0) is 14.0 Å². The Hall–Kier alpha value is 0.615. The average molecular weight is 316 g/mol. The molecule has 1 aliphatic heterocycles. The summed E-state index contributed by atoms with van der Waals surface area (Å²) >= 11 is 1.80. The highest BCUT2D eigenvalue weighted by Gasteiger charge is 2.25. The minimum Gasteiger partial charge on any atom is -0.349 e. The number of rotatable bonds is 3. The van der Waals surface area contributed by atoms with Gasteiger partial charge in [-0.25, -0.2) is 4.39 Å². The quantitative estimate of drug-likeness (QED) is 0.454. The van der Waals surface area contributed by atoms with Crippen LogP contribution in [0, 0.1) is 0 Å². The molecule has 0 fully saturated rings. The van der Waals surface area contributed by atoms with Crippen LogP contribution in [0.15, 0.2) is 11.9 Å². The molecule has 0 saturated heterocycles. The van der Waals surface area contributed by atoms with E-state index in [9.17, 15) is 8.96 Å². The van der Waals surface area contributed by atoms with Crippen LogP contribution in [0.4, 0.5) is 4.39 Å². The monoisotopic (exact) mass is 316 g/mol. The molecule has 1 heterocycles. The molecule has 1 unspecified atom stereocenters. The van der Waals surface area contributed by atoms with E-state index in [0.29, 0.717) is 0 Å². The molecule has 0 aliphatic carbocycles. The Morgan fingerprint density at radius 1 is 1.92 bits per heavy atom. The van der Waals surface area contributed by atoms with Crippen molar-refractivity contribution in [3.8, 4) is 0 Å². The van der Waals surface area contributed by atoms with Gasteiger partial charge in [-0.05, 0) is 22.0 Å². The van der Waals surface area contributed by atoms with Gasteiger partial charge >= 0.3 is 0 Å². The highest BCUT2D eigenvalue weighted by Crippen LogP contribution is 2.50. The highest BCUT2D eigenvalue weighted by molar-refractivity contribution is 14.2. The molecule has 1 aliphatic rings. The molecule has 3 atom stereocenters. The lowest BCUT2D eigenvalue weighted by Crippen LogP contribution is -2.16. The van der Waals surface area contributed by atoms with Crippen molar-refractivity contribution in [1.29, 1.82) is 0 Å². The molecule has 0 spiro atoms. The van der Waals surface area contributed by atoms with Crippen molar-refractivity contribution in [2.45, 2.75) is 12.3 Å². The Bertz CT molecular complexity index is 267. The molecule has 0 saturated carbocycles. The van der Waals surface area contributed by atoms with Crippen molar-refractivity contribution < 1.29 is 18.4 Å². The fourth-order valence-corrected chi connectivity index (χ4v) is 1.66. The minimum atomic E-state index is -2.28. The fraction of sp³-hybridized carbons (Fsp3) is 0.667. The number of hydrogen-bond donors (Lipinski definition) is 0. The lowest BCUT2D eigenvalue weighted by molar-refractivity contribution is -0.0882. The summed E-state index contributed by atoms with van der Waals surface area (Å²) in [6.07, 6.45) is 0.379. The topological polar surface area (TPSA) is 35.5 Å². The first-order valence-electron chi connectivity index (χ1n) is 3.54. The second-order valence-corrected chi connectivity index (χ2v) is 11.1. The smallest absolute Gasteiger partial charge is 0.180 e. The fourth-order valence-electron chi connectivity index (χ4n) is 0.768. The first kappa shape index (κ1) is 11.7. The Morgan fingerprint density at radius 2 is 2.54 bits per heavy atom. The average Bonchev–Trinajstić information content (AvgIpc) is 2.27. The maximum atomic E-state index is 12.6. The number of halogens is 2. The van der Waals surface area contributed by atoms with Crippen LogP contribution in [0.5, 0.6) is 0 Å². The predicted molar refractivity (Wildman–Crippen MR) is 57.1 cm³/mol. The van der Waals surface area contributed by atoms with Gasteiger partial charge in [0.25, 0.3) is 0 Å². The van der Waals surface area contributed by atoms with Crippen LogP contribution in [-0.4, -0.2) is 33.2 Å². The van der Waals surface area contributed by atoms with Gasteiger partial charge in [0.15, 0.2) is 11.1 Å². The normalized spacial score (nSPS) is 32.7. The van der Waals surface area contributed by atoms with E-state index in [-0.39, 0.29) is 6.35 Å². The lowest BCUT2D eigenvalue weighted by atomic mass is 10.0. The third-order valence-corrected chi connectivity index (χ3v) is 2.76. The second kappa shape index (κ2) is 4.42. The Kier molecular flexibility index (Phi) is 3.98. The van der Waals surface area contributed by atoms with Crippen LogP contribution in [0.3, 0.4) is 0 Å². The van der Waals surface area contributed by atoms with Crippen LogP contribution < -0.4 is 0 Å². The van der Waals surface area contributed by atoms with E-state index in [2.05, 4.69) is 0 Å². The third kappa shape index (κ3) is 4.10. The molecule has 2 radical (unpaired) electrons. The molecule has 0 amide bonds. The molecule has 0 bridgehead atoms. The van der Waals surface area contributed by atoms with E-state index in [1.807, 2.05) is 0 Å². The molecular weight excluding hydrogens is 308 g/mol. The van der Waals surface area contributed by atoms with E-state index < -0.39 is 22.9 Å². The lowest BCUT2D eigenvalue weighted by Gasteiger charge is -2.13. The second-order valence-electron chi connectivity index (χ2n) is 2.76. The summed E-state index contributed by atoms with van der Waals surface area (Å²) < 4.78 is 33.7. The zero-order valence-corrected chi connectivity index (χ0v) is 10.00. The van der Waals surface area contributed by atoms with Gasteiger partial charge in [0, 0.05) is 12.7 Å². The maximum Gasteiger partial charge on any atom is 0.180 e. The molecular formula is C6H8BFIO3P. The Balaban J connectivity index is 2.38. The van der Waals surface area contributed by atoms with Gasteiger partial charge in [0.2, 0.25) is 0 Å². The van der Waals surface area contributed by atoms with E-state index in [0.717, 1.165) is 6.08 Å². The van der Waals surface area contributed by atoms with E-state index in [1.165, 1.54) is 0 Å². The summed E-state index contributed by atoms with van der Waals surface area (Å²) in [5, 5.41) is 0. The summed E-state index contributed by atoms with van der Waals surface area (Å²) in [7, 11) is 5.19.